The molecule has 0 atom stereocenters. The monoisotopic (exact) mass is 1020 g/mol. The SMILES string of the molecule is [2H]c1c([2H])c2c(c([2H])c1-c1cccc(-c3c([2H])c([2H])c4c(c3[2H])C(C([2H])([2H])[2H])(C([2H])([2H])[2H])C([2H])([2H])C([2H])([2H])C4(C([2H])([2H])[2H])C([2H])([2H])[2H])c1-[n+]1[c-]n(-c3cccc(Oc4ccc5c6ccccc6n(-c6cc(C([2H])([2H])[2H])c(C7CCCC7)cn6)c5c4)c3)c3ccccc31)C(C([2H])([2H])[2H])(C([2H])([2H])[2H])C([2H])([2H])C([2H])([2H])C2(C([2H])([2H])[2H])C([2H])([2H])[2H]. The Morgan fingerprint density at radius 1 is 0.613 bits per heavy atom. The first-order valence-electron chi connectivity index (χ1n) is 44.6. The summed E-state index contributed by atoms with van der Waals surface area (Å²) >= 11 is 0. The zero-order valence-corrected chi connectivity index (χ0v) is 39.6. The van der Waals surface area contributed by atoms with Crippen molar-refractivity contribution in [1.29, 1.82) is 0 Å². The molecule has 1 fully saturated rings. The van der Waals surface area contributed by atoms with Gasteiger partial charge in [-0.25, -0.2) is 4.98 Å². The Morgan fingerprint density at radius 3 is 1.88 bits per heavy atom. The van der Waals surface area contributed by atoms with Gasteiger partial charge >= 0.3 is 0 Å². The Bertz CT molecular complexity index is 5450. The number of ether oxygens (including phenoxy) is 1. The number of nitrogens with zero attached hydrogens (tertiary/aromatic N) is 4. The number of pyridine rings is 1. The molecule has 3 aliphatic rings. The highest BCUT2D eigenvalue weighted by atomic mass is 16.5. The molecule has 1 saturated carbocycles. The molecule has 0 saturated heterocycles. The lowest BCUT2D eigenvalue weighted by Gasteiger charge is -2.42. The lowest BCUT2D eigenvalue weighted by Crippen LogP contribution is -2.34. The number of rotatable bonds is 8. The van der Waals surface area contributed by atoms with Gasteiger partial charge in [0.2, 0.25) is 0 Å². The van der Waals surface area contributed by atoms with E-state index in [4.69, 9.17) is 46.7 Å². The molecule has 0 radical (unpaired) electrons. The first kappa shape index (κ1) is 20.7. The Kier molecular flexibility index (Phi) is 4.81. The molecule has 3 aliphatic carbocycles. The van der Waals surface area contributed by atoms with Gasteiger partial charge in [-0.15, -0.1) is 0 Å². The average molecular weight is 1020 g/mol. The summed E-state index contributed by atoms with van der Waals surface area (Å²) < 4.78 is 389. The van der Waals surface area contributed by atoms with E-state index in [1.54, 1.807) is 41.1 Å². The predicted octanol–water partition coefficient (Wildman–Crippen LogP) is 18.0. The molecule has 3 aromatic heterocycles. The highest BCUT2D eigenvalue weighted by Crippen LogP contribution is 2.50. The number of hydrogen-bond donors (Lipinski definition) is 0. The van der Waals surface area contributed by atoms with E-state index < -0.39 is 195 Å². The van der Waals surface area contributed by atoms with Gasteiger partial charge < -0.3 is 4.74 Å². The van der Waals surface area contributed by atoms with Gasteiger partial charge in [-0.1, -0.05) is 171 Å². The van der Waals surface area contributed by atoms with Gasteiger partial charge in [-0.3, -0.25) is 13.7 Å². The third-order valence-corrected chi connectivity index (χ3v) is 14.3. The maximum Gasteiger partial charge on any atom is 0.269 e. The van der Waals surface area contributed by atoms with Crippen molar-refractivity contribution in [2.24, 2.45) is 0 Å². The summed E-state index contributed by atoms with van der Waals surface area (Å²) in [5.41, 5.74) is -29.9. The second-order valence-electron chi connectivity index (χ2n) is 19.2. The molecule has 5 heteroatoms. The van der Waals surface area contributed by atoms with Crippen LogP contribution in [0.1, 0.15) is 201 Å². The van der Waals surface area contributed by atoms with Gasteiger partial charge in [0, 0.05) is 71.0 Å². The Labute approximate surface area is 501 Å². The fourth-order valence-corrected chi connectivity index (χ4v) is 10.7. The van der Waals surface area contributed by atoms with Crippen molar-refractivity contribution in [1.82, 2.24) is 14.1 Å². The molecule has 10 aromatic rings. The van der Waals surface area contributed by atoms with Crippen LogP contribution in [0.5, 0.6) is 11.5 Å². The quantitative estimate of drug-likeness (QED) is 0.112. The number of aryl methyl sites for hydroxylation is 1. The Hall–Kier alpha value is -7.24. The van der Waals surface area contributed by atoms with Crippen molar-refractivity contribution in [3.05, 3.63) is 197 Å². The fourth-order valence-electron chi connectivity index (χ4n) is 10.7. The molecule has 0 N–H and O–H groups in total. The lowest BCUT2D eigenvalue weighted by atomic mass is 9.62. The first-order chi connectivity index (χ1) is 52.9. The third kappa shape index (κ3) is 7.94. The van der Waals surface area contributed by atoms with Crippen molar-refractivity contribution in [3.63, 3.8) is 0 Å². The number of imidazole rings is 1. The van der Waals surface area contributed by atoms with E-state index in [1.807, 2.05) is 18.2 Å². The smallest absolute Gasteiger partial charge is 0.269 e. The Morgan fingerprint density at radius 2 is 1.21 bits per heavy atom. The number of fused-ring (bicyclic) bond motifs is 6. The number of benzene rings is 7. The largest absolute Gasteiger partial charge is 0.458 e. The number of para-hydroxylation sites is 4. The van der Waals surface area contributed by atoms with E-state index in [-0.39, 0.29) is 45.5 Å². The predicted molar refractivity (Wildman–Crippen MR) is 310 cm³/mol. The summed E-state index contributed by atoms with van der Waals surface area (Å²) in [6, 6.07) is 17.8. The zero-order valence-electron chi connectivity index (χ0n) is 80.6. The summed E-state index contributed by atoms with van der Waals surface area (Å²) in [7, 11) is 0. The van der Waals surface area contributed by atoms with E-state index >= 15 is 0 Å². The summed E-state index contributed by atoms with van der Waals surface area (Å²) in [4.78, 5) is 4.86. The molecule has 7 aromatic carbocycles. The second kappa shape index (κ2) is 17.4. The van der Waals surface area contributed by atoms with E-state index in [0.717, 1.165) is 53.8 Å². The van der Waals surface area contributed by atoms with Gasteiger partial charge in [-0.2, -0.15) is 0 Å². The van der Waals surface area contributed by atoms with Crippen LogP contribution >= 0.6 is 0 Å². The van der Waals surface area contributed by atoms with Gasteiger partial charge in [0.25, 0.3) is 6.33 Å². The van der Waals surface area contributed by atoms with E-state index in [0.29, 0.717) is 22.0 Å². The van der Waals surface area contributed by atoms with Crippen molar-refractivity contribution >= 4 is 32.8 Å². The highest BCUT2D eigenvalue weighted by Gasteiger charge is 2.39. The molecule has 5 nitrogen and oxygen atoms in total. The van der Waals surface area contributed by atoms with Gasteiger partial charge in [0.05, 0.1) is 41.7 Å². The van der Waals surface area contributed by atoms with Crippen LogP contribution in [0, 0.1) is 13.2 Å². The van der Waals surface area contributed by atoms with Crippen LogP contribution in [-0.4, -0.2) is 14.1 Å². The molecule has 13 rings (SSSR count). The normalized spacial score (nSPS) is 29.8. The second-order valence-corrected chi connectivity index (χ2v) is 19.2. The number of hydrogen-bond acceptors (Lipinski definition) is 2. The fraction of sp³-hybridized carbons (Fsp3) is 0.314. The van der Waals surface area contributed by atoms with Crippen LogP contribution in [0.15, 0.2) is 158 Å². The molecule has 0 aliphatic heterocycles. The van der Waals surface area contributed by atoms with E-state index in [9.17, 15) is 19.2 Å². The van der Waals surface area contributed by atoms with Gasteiger partial charge in [-0.05, 0) is 171 Å². The molecular formula is C70H70N4O. The summed E-state index contributed by atoms with van der Waals surface area (Å²) in [6.07, 6.45) is -11.2. The standard InChI is InChI=1S/C70H70N4O/c1-45-38-65(71-43-56(45)46-18-10-11-19-46)74-61-25-13-12-22-54(61)55-31-30-51(42-64(55)74)75-50-21-16-20-49(41-50)72-44-73(63-27-15-14-26-62(63)72)66-52(47-28-32-57-59(39-47)69(6,7)36-34-67(57,2)3)23-17-24-53(66)48-29-33-58-60(40-48)70(8,9)37-35-68(58,4)5/h12-17,20-33,38-43,46H,10-11,18-19,34-37H2,1-9H3/i1D3,2D3,3D3,4D3,5D3,6D3,7D3,8D3,9D3,28D,29D,32D,33D,34D2,35D2,36D2,37D2,39D,40D. The first-order valence-corrected chi connectivity index (χ1v) is 24.1. The minimum absolute atomic E-state index is 0.00701. The van der Waals surface area contributed by atoms with Crippen LogP contribution in [0.3, 0.4) is 0 Å². The summed E-state index contributed by atoms with van der Waals surface area (Å²) in [5, 5.41) is 1.47. The van der Waals surface area contributed by atoms with Crippen LogP contribution in [-0.2, 0) is 21.7 Å². The molecule has 0 unspecified atom stereocenters. The minimum Gasteiger partial charge on any atom is -0.458 e. The average Bonchev–Trinajstić information content (AvgIpc) is 0.702. The zero-order chi connectivity index (χ0) is 86.5. The number of aromatic nitrogens is 4. The molecular weight excluding hydrogens is 913 g/mol. The maximum absolute atomic E-state index is 10.4. The van der Waals surface area contributed by atoms with Crippen LogP contribution in [0.2, 0.25) is 0 Å². The van der Waals surface area contributed by atoms with Crippen LogP contribution < -0.4 is 9.30 Å². The van der Waals surface area contributed by atoms with Crippen molar-refractivity contribution in [2.75, 3.05) is 0 Å². The Balaban J connectivity index is 1.16. The van der Waals surface area contributed by atoms with Crippen molar-refractivity contribution in [3.8, 4) is 50.9 Å². The molecule has 376 valence electrons. The topological polar surface area (TPSA) is 35.9 Å². The third-order valence-electron chi connectivity index (χ3n) is 14.3. The minimum atomic E-state index is -4.86. The van der Waals surface area contributed by atoms with Crippen LogP contribution in [0.25, 0.3) is 72.3 Å². The lowest BCUT2D eigenvalue weighted by molar-refractivity contribution is -0.571. The molecule has 0 spiro atoms. The van der Waals surface area contributed by atoms with E-state index in [2.05, 4.69) is 6.33 Å². The molecule has 75 heavy (non-hydrogen) atoms. The van der Waals surface area contributed by atoms with E-state index in [1.165, 1.54) is 53.1 Å². The summed E-state index contributed by atoms with van der Waals surface area (Å²) in [5.74, 6) is 0.545. The summed E-state index contributed by atoms with van der Waals surface area (Å²) in [6.45, 7) is -39.0. The molecule has 0 bridgehead atoms. The van der Waals surface area contributed by atoms with Crippen molar-refractivity contribution in [2.45, 2.75) is 140 Å². The van der Waals surface area contributed by atoms with Crippen molar-refractivity contribution < 1.29 is 65.5 Å². The molecule has 3 heterocycles. The van der Waals surface area contributed by atoms with Gasteiger partial charge in [0.1, 0.15) is 17.3 Å². The maximum atomic E-state index is 10.4. The van der Waals surface area contributed by atoms with Gasteiger partial charge in [0.15, 0.2) is 0 Å². The highest BCUT2D eigenvalue weighted by molar-refractivity contribution is 6.09. The molecule has 0 amide bonds. The van der Waals surface area contributed by atoms with Crippen LogP contribution in [0.4, 0.5) is 0 Å².